The maximum Gasteiger partial charge on any atom is 0.423 e. The number of unbranched alkanes of at least 4 members (excludes halogenated alkanes) is 1. The van der Waals surface area contributed by atoms with Gasteiger partial charge in [-0.05, 0) is 173 Å². The van der Waals surface area contributed by atoms with Crippen LogP contribution in [0.4, 0.5) is 58.7 Å². The van der Waals surface area contributed by atoms with Crippen LogP contribution in [0.5, 0.6) is 5.75 Å². The molecule has 590 valence electrons. The third kappa shape index (κ3) is 24.7. The van der Waals surface area contributed by atoms with Crippen molar-refractivity contribution in [1.29, 1.82) is 0 Å². The van der Waals surface area contributed by atoms with E-state index in [0.717, 1.165) is 120 Å². The fourth-order valence-corrected chi connectivity index (χ4v) is 14.3. The number of alkyl halides is 3. The van der Waals surface area contributed by atoms with Crippen LogP contribution in [0, 0.1) is 44.2 Å². The average molecular weight is 1510 g/mol. The van der Waals surface area contributed by atoms with Crippen LogP contribution in [0.25, 0.3) is 0 Å². The summed E-state index contributed by atoms with van der Waals surface area (Å²) in [5, 5.41) is 39.9. The molecule has 3 aliphatic heterocycles. The molecule has 3 amide bonds. The van der Waals surface area contributed by atoms with E-state index in [2.05, 4.69) is 140 Å². The molecular formula is C82H108F3N11O13. The molecule has 5 aliphatic rings. The predicted octanol–water partition coefficient (Wildman–Crippen LogP) is 14.9. The van der Waals surface area contributed by atoms with Gasteiger partial charge in [0.15, 0.2) is 5.75 Å². The highest BCUT2D eigenvalue weighted by molar-refractivity contribution is 5.79. The van der Waals surface area contributed by atoms with Gasteiger partial charge < -0.3 is 59.0 Å². The summed E-state index contributed by atoms with van der Waals surface area (Å²) < 4.78 is 61.8. The number of benzene rings is 6. The molecule has 2 aliphatic carbocycles. The first-order valence-corrected chi connectivity index (χ1v) is 38.0. The molecule has 6 aromatic rings. The number of methoxy groups -OCH3 is 1. The van der Waals surface area contributed by atoms with E-state index in [9.17, 15) is 57.9 Å². The lowest BCUT2D eigenvalue weighted by atomic mass is 9.87. The van der Waals surface area contributed by atoms with Crippen molar-refractivity contribution in [3.8, 4) is 5.75 Å². The number of nitro groups is 3. The normalized spacial score (nSPS) is 18.5. The second-order valence-corrected chi connectivity index (χ2v) is 30.9. The summed E-state index contributed by atoms with van der Waals surface area (Å²) in [6.45, 7) is 26.6. The molecule has 109 heavy (non-hydrogen) atoms. The Morgan fingerprint density at radius 2 is 0.853 bits per heavy atom. The maximum atomic E-state index is 13.1. The Morgan fingerprint density at radius 3 is 1.24 bits per heavy atom. The van der Waals surface area contributed by atoms with Gasteiger partial charge in [-0.3, -0.25) is 44.7 Å². The van der Waals surface area contributed by atoms with Gasteiger partial charge in [-0.25, -0.2) is 0 Å². The van der Waals surface area contributed by atoms with Crippen molar-refractivity contribution >= 4 is 63.2 Å². The number of nitro benzene ring substituents is 3. The topological polar surface area (TPSA) is 261 Å². The van der Waals surface area contributed by atoms with E-state index >= 15 is 0 Å². The van der Waals surface area contributed by atoms with Gasteiger partial charge in [0.05, 0.1) is 34.1 Å². The molecule has 0 unspecified atom stereocenters. The second kappa shape index (κ2) is 38.7. The number of nitrogens with zero attached hydrogens (tertiary/aromatic N) is 9. The van der Waals surface area contributed by atoms with Gasteiger partial charge in [-0.15, -0.1) is 0 Å². The molecule has 2 N–H and O–H groups in total. The van der Waals surface area contributed by atoms with Crippen LogP contribution >= 0.6 is 0 Å². The predicted molar refractivity (Wildman–Crippen MR) is 418 cm³/mol. The fraction of sp³-hybridized carbons (Fsp3) is 0.524. The van der Waals surface area contributed by atoms with Crippen LogP contribution in [0.15, 0.2) is 127 Å². The fourth-order valence-electron chi connectivity index (χ4n) is 14.3. The molecule has 27 heteroatoms. The van der Waals surface area contributed by atoms with Crippen LogP contribution < -0.4 is 30.1 Å². The minimum absolute atomic E-state index is 0.0275. The first-order chi connectivity index (χ1) is 51.9. The summed E-state index contributed by atoms with van der Waals surface area (Å²) in [5.41, 5.74) is 8.36. The van der Waals surface area contributed by atoms with Crippen LogP contribution in [0.1, 0.15) is 139 Å². The number of aryl methyl sites for hydroxylation is 3. The highest BCUT2D eigenvalue weighted by atomic mass is 19.4. The molecule has 0 radical (unpaired) electrons. The lowest BCUT2D eigenvalue weighted by molar-refractivity contribution is -0.388. The van der Waals surface area contributed by atoms with Crippen molar-refractivity contribution in [2.24, 2.45) is 0 Å². The van der Waals surface area contributed by atoms with Crippen LogP contribution in [0.2, 0.25) is 0 Å². The highest BCUT2D eigenvalue weighted by Gasteiger charge is 2.39. The number of piperazine rings is 3. The van der Waals surface area contributed by atoms with Gasteiger partial charge in [0.1, 0.15) is 25.4 Å². The largest absolute Gasteiger partial charge is 0.490 e. The number of ether oxygens (including phenoxy) is 4. The Kier molecular flexibility index (Phi) is 29.6. The minimum Gasteiger partial charge on any atom is -0.490 e. The zero-order chi connectivity index (χ0) is 78.6. The number of nitrogens with one attached hydrogen (secondary N) is 2. The molecule has 11 rings (SSSR count). The minimum atomic E-state index is -4.78. The molecule has 24 nitrogen and oxygen atoms in total. The Labute approximate surface area is 638 Å². The van der Waals surface area contributed by atoms with Gasteiger partial charge >= 0.3 is 11.9 Å². The van der Waals surface area contributed by atoms with Crippen LogP contribution in [0.3, 0.4) is 0 Å². The van der Waals surface area contributed by atoms with Crippen molar-refractivity contribution in [2.75, 3.05) is 137 Å². The van der Waals surface area contributed by atoms with Crippen molar-refractivity contribution in [1.82, 2.24) is 14.7 Å². The van der Waals surface area contributed by atoms with Crippen molar-refractivity contribution in [3.63, 3.8) is 0 Å². The molecule has 0 bridgehead atoms. The van der Waals surface area contributed by atoms with Gasteiger partial charge in [0, 0.05) is 155 Å². The number of amides is 3. The molecule has 5 fully saturated rings. The summed E-state index contributed by atoms with van der Waals surface area (Å²) in [4.78, 5) is 81.6. The molecule has 0 atom stereocenters. The lowest BCUT2D eigenvalue weighted by Crippen LogP contribution is -2.50. The summed E-state index contributed by atoms with van der Waals surface area (Å²) in [6.07, 6.45) is 4.07. The Hall–Kier alpha value is -9.60. The van der Waals surface area contributed by atoms with Gasteiger partial charge in [0.2, 0.25) is 17.7 Å². The molecule has 6 aromatic carbocycles. The number of anilines is 5. The zero-order valence-electron chi connectivity index (χ0n) is 64.5. The maximum absolute atomic E-state index is 13.1. The van der Waals surface area contributed by atoms with E-state index < -0.39 is 27.3 Å². The Morgan fingerprint density at radius 1 is 0.468 bits per heavy atom. The first kappa shape index (κ1) is 83.4. The lowest BCUT2D eigenvalue weighted by Gasteiger charge is -2.37. The van der Waals surface area contributed by atoms with Gasteiger partial charge in [-0.1, -0.05) is 89.6 Å². The van der Waals surface area contributed by atoms with E-state index in [0.29, 0.717) is 82.3 Å². The molecule has 2 saturated carbocycles. The number of hydrogen-bond donors (Lipinski definition) is 2. The quantitative estimate of drug-likeness (QED) is 0.0324. The highest BCUT2D eigenvalue weighted by Crippen LogP contribution is 2.38. The smallest absolute Gasteiger partial charge is 0.423 e. The number of carbonyl (C=O) groups is 3. The standard InChI is InChI=1S/C29H40N4O5.C29H40N4O4.C24H28F3N3O4/c1-29(2,3)21-5-10-24(11-6-21)31-15-17-32(18-16-31)28(34)20-38-25-12-7-22(8-13-25)30-23-9-14-26(33(35)36)27(19-23)37-4;1-21-19-24(9-14-27(21)33(35)36)30-23-7-12-26(13-8-23)37-20-28(34)32-17-15-31(16-18-32)25-10-5-22(6-11-25)29(2,3)4;1-18-5-8-20(9-6-18)28-11-13-29(14-12-28)23(31)17-34-15-3-2-4-19-7-10-22(30(32)33)21(16-19)24(25,26)27/h5-6,9-11,14,19,22,25,30H,7-8,12-13,15-18,20H2,1-4H3;5-6,9-11,14,19,23,26,30H,7-8,12-13,15-18,20H2,1-4H3;5-10,16H,2-4,11-15,17H2,1H3. The van der Waals surface area contributed by atoms with Crippen molar-refractivity contribution in [3.05, 3.63) is 191 Å². The average Bonchev–Trinajstić information content (AvgIpc) is 0.818. The number of rotatable bonds is 24. The third-order valence-electron chi connectivity index (χ3n) is 21.0. The zero-order valence-corrected chi connectivity index (χ0v) is 64.5. The summed E-state index contributed by atoms with van der Waals surface area (Å²) in [5.74, 6) is 0.304. The van der Waals surface area contributed by atoms with Gasteiger partial charge in [0.25, 0.3) is 11.4 Å². The third-order valence-corrected chi connectivity index (χ3v) is 21.0. The van der Waals surface area contributed by atoms with E-state index in [1.54, 1.807) is 36.1 Å². The monoisotopic (exact) mass is 1510 g/mol. The first-order valence-electron chi connectivity index (χ1n) is 38.0. The number of hydrogen-bond acceptors (Lipinski definition) is 18. The Balaban J connectivity index is 0.000000189. The summed E-state index contributed by atoms with van der Waals surface area (Å²) >= 11 is 0. The van der Waals surface area contributed by atoms with Crippen molar-refractivity contribution < 1.29 is 61.3 Å². The van der Waals surface area contributed by atoms with E-state index in [-0.39, 0.29) is 88.7 Å². The second-order valence-electron chi connectivity index (χ2n) is 30.9. The molecular weight excluding hydrogens is 1400 g/mol. The van der Waals surface area contributed by atoms with E-state index in [4.69, 9.17) is 18.9 Å². The number of halogens is 3. The molecule has 0 aromatic heterocycles. The Bertz CT molecular complexity index is 3980. The van der Waals surface area contributed by atoms with Crippen LogP contribution in [-0.2, 0) is 52.0 Å². The molecule has 3 heterocycles. The van der Waals surface area contributed by atoms with Crippen molar-refractivity contribution in [2.45, 2.75) is 167 Å². The van der Waals surface area contributed by atoms with Crippen LogP contribution in [-0.4, -0.2) is 184 Å². The van der Waals surface area contributed by atoms with Gasteiger partial charge in [-0.2, -0.15) is 13.2 Å². The SMILES string of the molecule is COc1cc(NC2CCC(OCC(=O)N3CCN(c4ccc(C(C)(C)C)cc4)CC3)CC2)ccc1[N+](=O)[O-].Cc1cc(NC2CCC(OCC(=O)N3CCN(c4ccc(C(C)(C)C)cc4)CC3)CC2)ccc1[N+](=O)[O-].Cc1ccc(N2CCN(C(=O)COCCCCc3ccc([N+](=O)[O-])c(C(F)(F)F)c3)CC2)cc1. The number of carbonyl (C=O) groups excluding carboxylic acids is 3. The molecule has 3 saturated heterocycles. The summed E-state index contributed by atoms with van der Waals surface area (Å²) in [7, 11) is 1.43. The summed E-state index contributed by atoms with van der Waals surface area (Å²) in [6, 6.07) is 39.5. The van der Waals surface area contributed by atoms with E-state index in [1.807, 2.05) is 22.8 Å². The van der Waals surface area contributed by atoms with E-state index in [1.165, 1.54) is 47.3 Å². The molecule has 0 spiro atoms.